The van der Waals surface area contributed by atoms with E-state index in [1.54, 1.807) is 18.5 Å². The Labute approximate surface area is 159 Å². The summed E-state index contributed by atoms with van der Waals surface area (Å²) in [6, 6.07) is 15.8. The number of amides is 1. The average Bonchev–Trinajstić information content (AvgIpc) is 3.08. The summed E-state index contributed by atoms with van der Waals surface area (Å²) in [7, 11) is 0. The number of hydrogen-bond donors (Lipinski definition) is 1. The predicted octanol–water partition coefficient (Wildman–Crippen LogP) is 4.57. The van der Waals surface area contributed by atoms with Gasteiger partial charge in [-0.05, 0) is 42.2 Å². The van der Waals surface area contributed by atoms with Gasteiger partial charge >= 0.3 is 6.09 Å². The van der Waals surface area contributed by atoms with Crippen LogP contribution in [0, 0.1) is 25.2 Å². The van der Waals surface area contributed by atoms with E-state index < -0.39 is 6.09 Å². The molecule has 5 nitrogen and oxygen atoms in total. The van der Waals surface area contributed by atoms with Crippen LogP contribution in [0.4, 0.5) is 4.79 Å². The van der Waals surface area contributed by atoms with Gasteiger partial charge in [0, 0.05) is 24.9 Å². The minimum absolute atomic E-state index is 0.0368. The molecule has 3 rings (SSSR count). The molecule has 27 heavy (non-hydrogen) atoms. The van der Waals surface area contributed by atoms with Crippen molar-refractivity contribution in [3.05, 3.63) is 82.7 Å². The van der Waals surface area contributed by atoms with Crippen LogP contribution in [0.1, 0.15) is 40.7 Å². The fraction of sp³-hybridized carbons (Fsp3) is 0.273. The lowest BCUT2D eigenvalue weighted by molar-refractivity contribution is 0.101. The van der Waals surface area contributed by atoms with Gasteiger partial charge in [-0.15, -0.1) is 0 Å². The lowest BCUT2D eigenvalue weighted by atomic mass is 9.90. The SMILES string of the molecule is Cc1cccc([C@H](C)C2N(Cc3ccccc3C#N)C=CN2C(=O)O)c1C. The zero-order valence-electron chi connectivity index (χ0n) is 15.8. The standard InChI is InChI=1S/C22H23N3O2/c1-15-7-6-10-20(16(15)2)17(3)21-24(11-12-25(21)22(26)27)14-19-9-5-4-8-18(19)13-23/h4-12,17,21H,14H2,1-3H3,(H,26,27)/t17-,21?/m0/s1. The largest absolute Gasteiger partial charge is 0.465 e. The van der Waals surface area contributed by atoms with Crippen LogP contribution < -0.4 is 0 Å². The second-order valence-corrected chi connectivity index (χ2v) is 6.92. The van der Waals surface area contributed by atoms with E-state index in [-0.39, 0.29) is 12.1 Å². The smallest absolute Gasteiger partial charge is 0.413 e. The average molecular weight is 361 g/mol. The van der Waals surface area contributed by atoms with Gasteiger partial charge < -0.3 is 10.0 Å². The van der Waals surface area contributed by atoms with Crippen molar-refractivity contribution >= 4 is 6.09 Å². The van der Waals surface area contributed by atoms with Gasteiger partial charge in [-0.2, -0.15) is 5.26 Å². The Balaban J connectivity index is 1.96. The second-order valence-electron chi connectivity index (χ2n) is 6.92. The molecule has 0 spiro atoms. The van der Waals surface area contributed by atoms with Crippen LogP contribution in [0.5, 0.6) is 0 Å². The highest BCUT2D eigenvalue weighted by Crippen LogP contribution is 2.34. The van der Waals surface area contributed by atoms with E-state index in [1.165, 1.54) is 16.0 Å². The summed E-state index contributed by atoms with van der Waals surface area (Å²) < 4.78 is 0. The van der Waals surface area contributed by atoms with Gasteiger partial charge in [0.1, 0.15) is 6.17 Å². The first-order valence-electron chi connectivity index (χ1n) is 8.93. The van der Waals surface area contributed by atoms with Crippen LogP contribution in [0.25, 0.3) is 0 Å². The molecule has 1 aliphatic rings. The maximum Gasteiger partial charge on any atom is 0.413 e. The Morgan fingerprint density at radius 2 is 1.93 bits per heavy atom. The lowest BCUT2D eigenvalue weighted by Crippen LogP contribution is -2.44. The van der Waals surface area contributed by atoms with Crippen LogP contribution in [0.2, 0.25) is 0 Å². The maximum absolute atomic E-state index is 11.8. The molecule has 2 aromatic carbocycles. The Kier molecular flexibility index (Phi) is 5.18. The molecule has 1 amide bonds. The Morgan fingerprint density at radius 1 is 1.19 bits per heavy atom. The zero-order valence-corrected chi connectivity index (χ0v) is 15.8. The van der Waals surface area contributed by atoms with Crippen LogP contribution in [-0.2, 0) is 6.54 Å². The summed E-state index contributed by atoms with van der Waals surface area (Å²) in [6.07, 6.45) is 2.05. The fourth-order valence-corrected chi connectivity index (χ4v) is 3.74. The van der Waals surface area contributed by atoms with Gasteiger partial charge in [0.05, 0.1) is 11.6 Å². The van der Waals surface area contributed by atoms with E-state index in [1.807, 2.05) is 29.2 Å². The number of hydrogen-bond acceptors (Lipinski definition) is 3. The van der Waals surface area contributed by atoms with Crippen molar-refractivity contribution in [2.24, 2.45) is 0 Å². The number of carboxylic acid groups (broad SMARTS) is 1. The first-order chi connectivity index (χ1) is 12.9. The third-order valence-corrected chi connectivity index (χ3v) is 5.34. The van der Waals surface area contributed by atoms with Crippen molar-refractivity contribution in [2.75, 3.05) is 0 Å². The number of nitriles is 1. The molecule has 2 atom stereocenters. The Bertz CT molecular complexity index is 929. The van der Waals surface area contributed by atoms with Crippen molar-refractivity contribution < 1.29 is 9.90 Å². The lowest BCUT2D eigenvalue weighted by Gasteiger charge is -2.35. The Hall–Kier alpha value is -3.26. The van der Waals surface area contributed by atoms with Crippen LogP contribution in [0.15, 0.2) is 54.9 Å². The van der Waals surface area contributed by atoms with Gasteiger partial charge in [0.2, 0.25) is 0 Å². The molecule has 1 unspecified atom stereocenters. The molecular formula is C22H23N3O2. The number of carbonyl (C=O) groups is 1. The molecule has 0 saturated heterocycles. The monoisotopic (exact) mass is 361 g/mol. The summed E-state index contributed by atoms with van der Waals surface area (Å²) in [5, 5.41) is 19.0. The van der Waals surface area contributed by atoms with E-state index in [0.717, 1.165) is 11.1 Å². The quantitative estimate of drug-likeness (QED) is 0.866. The van der Waals surface area contributed by atoms with E-state index in [4.69, 9.17) is 0 Å². The van der Waals surface area contributed by atoms with Crippen LogP contribution >= 0.6 is 0 Å². The molecular weight excluding hydrogens is 338 g/mol. The predicted molar refractivity (Wildman–Crippen MR) is 104 cm³/mol. The van der Waals surface area contributed by atoms with Crippen molar-refractivity contribution in [3.63, 3.8) is 0 Å². The number of rotatable bonds is 4. The van der Waals surface area contributed by atoms with Crippen LogP contribution in [-0.4, -0.2) is 27.2 Å². The van der Waals surface area contributed by atoms with E-state index in [9.17, 15) is 15.2 Å². The first-order valence-corrected chi connectivity index (χ1v) is 8.93. The highest BCUT2D eigenvalue weighted by molar-refractivity contribution is 5.67. The molecule has 1 N–H and O–H groups in total. The number of aryl methyl sites for hydroxylation is 1. The summed E-state index contributed by atoms with van der Waals surface area (Å²) >= 11 is 0. The highest BCUT2D eigenvalue weighted by atomic mass is 16.4. The normalized spacial score (nSPS) is 17.0. The number of benzene rings is 2. The van der Waals surface area contributed by atoms with Gasteiger partial charge in [-0.25, -0.2) is 4.79 Å². The Morgan fingerprint density at radius 3 is 2.63 bits per heavy atom. The molecule has 2 aromatic rings. The summed E-state index contributed by atoms with van der Waals surface area (Å²) in [6.45, 7) is 6.67. The van der Waals surface area contributed by atoms with Crippen molar-refractivity contribution in [3.8, 4) is 6.07 Å². The first kappa shape index (κ1) is 18.5. The summed E-state index contributed by atoms with van der Waals surface area (Å²) in [5.74, 6) is -0.0368. The van der Waals surface area contributed by atoms with Crippen molar-refractivity contribution in [2.45, 2.75) is 39.4 Å². The maximum atomic E-state index is 11.8. The topological polar surface area (TPSA) is 67.6 Å². The minimum Gasteiger partial charge on any atom is -0.465 e. The summed E-state index contributed by atoms with van der Waals surface area (Å²) in [5.41, 5.74) is 4.99. The molecule has 5 heteroatoms. The third-order valence-electron chi connectivity index (χ3n) is 5.34. The summed E-state index contributed by atoms with van der Waals surface area (Å²) in [4.78, 5) is 15.2. The van der Waals surface area contributed by atoms with Crippen LogP contribution in [0.3, 0.4) is 0 Å². The van der Waals surface area contributed by atoms with Gasteiger partial charge in [0.25, 0.3) is 0 Å². The number of nitrogens with zero attached hydrogens (tertiary/aromatic N) is 3. The van der Waals surface area contributed by atoms with Crippen molar-refractivity contribution in [1.29, 1.82) is 5.26 Å². The highest BCUT2D eigenvalue weighted by Gasteiger charge is 2.36. The van der Waals surface area contributed by atoms with Gasteiger partial charge in [-0.3, -0.25) is 4.90 Å². The minimum atomic E-state index is -0.982. The molecule has 0 radical (unpaired) electrons. The fourth-order valence-electron chi connectivity index (χ4n) is 3.74. The molecule has 138 valence electrons. The van der Waals surface area contributed by atoms with E-state index in [0.29, 0.717) is 12.1 Å². The molecule has 1 aliphatic heterocycles. The van der Waals surface area contributed by atoms with E-state index >= 15 is 0 Å². The molecule has 0 fully saturated rings. The van der Waals surface area contributed by atoms with E-state index in [2.05, 4.69) is 39.0 Å². The van der Waals surface area contributed by atoms with Gasteiger partial charge in [0.15, 0.2) is 0 Å². The molecule has 1 heterocycles. The van der Waals surface area contributed by atoms with Gasteiger partial charge in [-0.1, -0.05) is 43.3 Å². The van der Waals surface area contributed by atoms with Crippen molar-refractivity contribution in [1.82, 2.24) is 9.80 Å². The zero-order chi connectivity index (χ0) is 19.6. The molecule has 0 aromatic heterocycles. The molecule has 0 saturated carbocycles. The third kappa shape index (κ3) is 3.52. The molecule has 0 aliphatic carbocycles. The molecule has 0 bridgehead atoms. The second kappa shape index (κ2) is 7.55.